The summed E-state index contributed by atoms with van der Waals surface area (Å²) in [5.74, 6) is -4.24. The molecule has 7 aromatic rings. The van der Waals surface area contributed by atoms with Gasteiger partial charge in [0.05, 0.1) is 56.1 Å². The molecular weight excluding hydrogens is 773 g/mol. The van der Waals surface area contributed by atoms with Gasteiger partial charge in [0, 0.05) is 40.3 Å². The van der Waals surface area contributed by atoms with Gasteiger partial charge in [0.25, 0.3) is 0 Å². The smallest absolute Gasteiger partial charge is 0.335 e. The third-order valence-electron chi connectivity index (χ3n) is 10.8. The van der Waals surface area contributed by atoms with Crippen molar-refractivity contribution in [2.45, 2.75) is 0 Å². The van der Waals surface area contributed by atoms with Crippen LogP contribution in [0.5, 0.6) is 0 Å². The normalized spacial score (nSPS) is 11.8. The van der Waals surface area contributed by atoms with E-state index in [2.05, 4.69) is 4.98 Å². The van der Waals surface area contributed by atoms with Crippen LogP contribution >= 0.6 is 0 Å². The molecule has 0 amide bonds. The Kier molecular flexibility index (Phi) is 9.29. The molecule has 0 saturated heterocycles. The van der Waals surface area contributed by atoms with Gasteiger partial charge in [-0.1, -0.05) is 48.5 Å². The number of benzene rings is 4. The summed E-state index contributed by atoms with van der Waals surface area (Å²) < 4.78 is 2.00. The van der Waals surface area contributed by atoms with Crippen LogP contribution < -0.4 is 0 Å². The van der Waals surface area contributed by atoms with Crippen LogP contribution in [0.2, 0.25) is 0 Å². The van der Waals surface area contributed by atoms with Crippen LogP contribution in [0, 0.1) is 0 Å². The Morgan fingerprint density at radius 1 is 0.393 bits per heavy atom. The summed E-state index contributed by atoms with van der Waals surface area (Å²) in [4.78, 5) is 61.5. The Morgan fingerprint density at radius 2 is 0.656 bits per heavy atom. The first-order valence-electron chi connectivity index (χ1n) is 18.9. The number of aromatic amines is 1. The Labute approximate surface area is 346 Å². The van der Waals surface area contributed by atoms with Crippen LogP contribution in [-0.4, -0.2) is 63.8 Å². The van der Waals surface area contributed by atoms with Crippen LogP contribution in [0.1, 0.15) is 64.2 Å². The average molecular weight is 805 g/mol. The maximum absolute atomic E-state index is 11.9. The van der Waals surface area contributed by atoms with Crippen LogP contribution in [0.3, 0.4) is 0 Å². The predicted octanol–water partition coefficient (Wildman–Crippen LogP) is 10.1. The fourth-order valence-electron chi connectivity index (χ4n) is 7.84. The van der Waals surface area contributed by atoms with E-state index in [1.165, 1.54) is 24.3 Å². The van der Waals surface area contributed by atoms with Crippen LogP contribution in [0.4, 0.5) is 0 Å². The zero-order valence-electron chi connectivity index (χ0n) is 32.1. The highest BCUT2D eigenvalue weighted by Gasteiger charge is 2.21. The highest BCUT2D eigenvalue weighted by molar-refractivity contribution is 6.01. The number of H-pyrrole nitrogens is 1. The summed E-state index contributed by atoms with van der Waals surface area (Å²) in [6, 6.07) is 33.9. The molecule has 0 radical (unpaired) electrons. The summed E-state index contributed by atoms with van der Waals surface area (Å²) in [5.41, 5.74) is 11.1. The quantitative estimate of drug-likeness (QED) is 0.0986. The van der Waals surface area contributed by atoms with E-state index in [4.69, 9.17) is 9.97 Å². The topological polar surface area (TPSA) is 196 Å². The standard InChI is InChI=1S/C49H32N4O8/c1-53-40-24-25-41(53)45(29-8-16-33(17-9-29)49(60)61)39-23-21-37(52-39)43(27-4-12-31(13-5-27)47(56)57)35-19-18-34(50-35)42(26-2-10-30(11-3-26)46(54)55)36-20-22-38(51-36)44(40)28-6-14-32(15-7-28)48(58)59/h2-25,50H,1H3,(H,54,55)(H,56,57)(H,58,59)(H,60,61). The van der Waals surface area contributed by atoms with Gasteiger partial charge in [0.2, 0.25) is 0 Å². The number of aromatic nitrogens is 4. The van der Waals surface area contributed by atoms with Gasteiger partial charge in [-0.05, 0) is 119 Å². The average Bonchev–Trinajstić information content (AvgIpc) is 4.10. The minimum atomic E-state index is -1.06. The summed E-state index contributed by atoms with van der Waals surface area (Å²) in [6.45, 7) is 0. The molecule has 0 unspecified atom stereocenters. The van der Waals surface area contributed by atoms with E-state index in [9.17, 15) is 39.6 Å². The lowest BCUT2D eigenvalue weighted by molar-refractivity contribution is 0.0686. The van der Waals surface area contributed by atoms with E-state index in [-0.39, 0.29) is 22.3 Å². The summed E-state index contributed by atoms with van der Waals surface area (Å²) >= 11 is 0. The molecule has 5 N–H and O–H groups in total. The van der Waals surface area contributed by atoms with Gasteiger partial charge in [-0.25, -0.2) is 29.1 Å². The van der Waals surface area contributed by atoms with Crippen molar-refractivity contribution in [3.8, 4) is 44.5 Å². The molecule has 0 spiro atoms. The second-order valence-electron chi connectivity index (χ2n) is 14.4. The molecule has 9 rings (SSSR count). The molecule has 0 saturated carbocycles. The molecule has 0 fully saturated rings. The summed E-state index contributed by atoms with van der Waals surface area (Å²) in [6.07, 6.45) is 7.53. The van der Waals surface area contributed by atoms with Gasteiger partial charge < -0.3 is 30.0 Å². The fourth-order valence-corrected chi connectivity index (χ4v) is 7.84. The minimum Gasteiger partial charge on any atom is -0.478 e. The molecule has 0 atom stereocenters. The number of fused-ring (bicyclic) bond motifs is 8. The molecule has 61 heavy (non-hydrogen) atoms. The zero-order valence-corrected chi connectivity index (χ0v) is 32.1. The van der Waals surface area contributed by atoms with Crippen molar-refractivity contribution in [3.05, 3.63) is 166 Å². The molecule has 12 nitrogen and oxygen atoms in total. The number of nitrogens with one attached hydrogen (secondary N) is 1. The molecule has 2 aliphatic rings. The number of nitrogens with zero attached hydrogens (tertiary/aromatic N) is 3. The van der Waals surface area contributed by atoms with Crippen LogP contribution in [-0.2, 0) is 7.05 Å². The number of carbonyl (C=O) groups is 4. The molecule has 296 valence electrons. The van der Waals surface area contributed by atoms with E-state index in [0.717, 1.165) is 11.0 Å². The minimum absolute atomic E-state index is 0.119. The van der Waals surface area contributed by atoms with E-state index in [0.29, 0.717) is 78.3 Å². The fraction of sp³-hybridized carbons (Fsp3) is 0.0204. The van der Waals surface area contributed by atoms with Crippen molar-refractivity contribution >= 4 is 70.2 Å². The number of hydrogen-bond acceptors (Lipinski definition) is 6. The SMILES string of the molecule is Cn1c2ccc1c(-c1ccc(C(=O)O)cc1)c1nc(c(-c3ccc(C(=O)O)cc3)c3ccc([nH]3)c(-c3ccc(C(=O)O)cc3)c3nc(c2-c2ccc(C(=O)O)cc2)C=C3)C=C1. The Balaban J connectivity index is 1.45. The van der Waals surface area contributed by atoms with Crippen molar-refractivity contribution in [1.29, 1.82) is 0 Å². The Bertz CT molecular complexity index is 3020. The first-order valence-corrected chi connectivity index (χ1v) is 18.9. The molecule has 8 bridgehead atoms. The van der Waals surface area contributed by atoms with Crippen molar-refractivity contribution in [2.75, 3.05) is 0 Å². The highest BCUT2D eigenvalue weighted by Crippen LogP contribution is 2.39. The van der Waals surface area contributed by atoms with Gasteiger partial charge in [0.15, 0.2) is 0 Å². The molecule has 3 aromatic heterocycles. The van der Waals surface area contributed by atoms with E-state index >= 15 is 0 Å². The number of aromatic carboxylic acids is 4. The van der Waals surface area contributed by atoms with Gasteiger partial charge in [-0.2, -0.15) is 0 Å². The third-order valence-corrected chi connectivity index (χ3v) is 10.8. The maximum Gasteiger partial charge on any atom is 0.335 e. The van der Waals surface area contributed by atoms with Crippen LogP contribution in [0.15, 0.2) is 121 Å². The molecule has 4 aromatic carbocycles. The summed E-state index contributed by atoms with van der Waals surface area (Å²) in [5, 5.41) is 38.8. The number of rotatable bonds is 8. The van der Waals surface area contributed by atoms with Gasteiger partial charge in [-0.15, -0.1) is 0 Å². The molecule has 5 heterocycles. The molecule has 2 aliphatic heterocycles. The lowest BCUT2D eigenvalue weighted by Crippen LogP contribution is -1.98. The molecule has 12 heteroatoms. The first-order chi connectivity index (χ1) is 29.4. The van der Waals surface area contributed by atoms with E-state index in [1.54, 1.807) is 72.8 Å². The Morgan fingerprint density at radius 3 is 0.934 bits per heavy atom. The van der Waals surface area contributed by atoms with Gasteiger partial charge in [0.1, 0.15) is 0 Å². The van der Waals surface area contributed by atoms with Crippen molar-refractivity contribution in [1.82, 2.24) is 19.5 Å². The maximum atomic E-state index is 11.9. The molecule has 0 aliphatic carbocycles. The van der Waals surface area contributed by atoms with Crippen LogP contribution in [0.25, 0.3) is 90.9 Å². The number of carboxylic acid groups (broad SMARTS) is 4. The summed E-state index contributed by atoms with van der Waals surface area (Å²) in [7, 11) is 1.90. The first kappa shape index (κ1) is 37.9. The lowest BCUT2D eigenvalue weighted by atomic mass is 10.0. The van der Waals surface area contributed by atoms with Gasteiger partial charge >= 0.3 is 23.9 Å². The third kappa shape index (κ3) is 6.83. The second-order valence-corrected chi connectivity index (χ2v) is 14.4. The highest BCUT2D eigenvalue weighted by atomic mass is 16.4. The van der Waals surface area contributed by atoms with E-state index < -0.39 is 23.9 Å². The molecular formula is C49H32N4O8. The van der Waals surface area contributed by atoms with Crippen molar-refractivity contribution < 1.29 is 39.6 Å². The van der Waals surface area contributed by atoms with Crippen molar-refractivity contribution in [3.63, 3.8) is 0 Å². The lowest BCUT2D eigenvalue weighted by Gasteiger charge is -2.11. The number of aryl methyl sites for hydroxylation is 1. The van der Waals surface area contributed by atoms with Gasteiger partial charge in [-0.3, -0.25) is 0 Å². The monoisotopic (exact) mass is 804 g/mol. The Hall–Kier alpha value is -8.64. The van der Waals surface area contributed by atoms with Crippen molar-refractivity contribution in [2.24, 2.45) is 7.05 Å². The second kappa shape index (κ2) is 14.9. The number of carboxylic acids is 4. The van der Waals surface area contributed by atoms with E-state index in [1.807, 2.05) is 60.2 Å². The predicted molar refractivity (Wildman–Crippen MR) is 233 cm³/mol. The largest absolute Gasteiger partial charge is 0.478 e. The zero-order chi connectivity index (χ0) is 42.5. The number of hydrogen-bond donors (Lipinski definition) is 5.